The van der Waals surface area contributed by atoms with Crippen LogP contribution in [0.2, 0.25) is 0 Å². The molecule has 2 aliphatic heterocycles. The molecule has 2 aliphatic rings. The molecule has 2 heterocycles. The lowest BCUT2D eigenvalue weighted by Crippen LogP contribution is -2.27. The second-order valence-corrected chi connectivity index (χ2v) is 6.66. The third kappa shape index (κ3) is 2.92. The van der Waals surface area contributed by atoms with Crippen LogP contribution in [0.5, 0.6) is 0 Å². The number of hydrogen-bond donors (Lipinski definition) is 0. The zero-order valence-corrected chi connectivity index (χ0v) is 14.6. The largest absolute Gasteiger partial charge is 0.334 e. The molecule has 0 radical (unpaired) electrons. The summed E-state index contributed by atoms with van der Waals surface area (Å²) in [4.78, 5) is 16.5. The van der Waals surface area contributed by atoms with Crippen LogP contribution in [-0.4, -0.2) is 28.2 Å². The predicted octanol–water partition coefficient (Wildman–Crippen LogP) is 3.94. The van der Waals surface area contributed by atoms with E-state index in [0.29, 0.717) is 15.8 Å². The third-order valence-electron chi connectivity index (χ3n) is 3.72. The molecule has 0 unspecified atom stereocenters. The molecule has 0 aromatic heterocycles. The number of hydrogen-bond acceptors (Lipinski definition) is 4. The van der Waals surface area contributed by atoms with E-state index in [0.717, 1.165) is 17.9 Å². The summed E-state index contributed by atoms with van der Waals surface area (Å²) in [5, 5.41) is 0. The molecule has 1 saturated heterocycles. The van der Waals surface area contributed by atoms with Gasteiger partial charge in [-0.3, -0.25) is 9.69 Å². The summed E-state index contributed by atoms with van der Waals surface area (Å²) in [6.45, 7) is 5.41. The van der Waals surface area contributed by atoms with Crippen LogP contribution < -0.4 is 4.90 Å². The molecule has 0 spiro atoms. The van der Waals surface area contributed by atoms with Gasteiger partial charge in [0, 0.05) is 18.8 Å². The zero-order valence-electron chi connectivity index (χ0n) is 13.0. The standard InChI is InChI=1S/C18H16N2OS2/c1-3-19-14(10-9-13-7-5-6-8-15(13)19)11-12-16-17(21)20(4-2)18(22)23-16/h5-10H,3-4H2,1-2H3. The van der Waals surface area contributed by atoms with Crippen LogP contribution in [-0.2, 0) is 4.79 Å². The Kier molecular flexibility index (Phi) is 4.56. The number of likely N-dealkylation sites (N-methyl/N-ethyl adjacent to an activating group) is 2. The Morgan fingerprint density at radius 3 is 2.52 bits per heavy atom. The van der Waals surface area contributed by atoms with Gasteiger partial charge < -0.3 is 4.90 Å². The van der Waals surface area contributed by atoms with Crippen LogP contribution in [0, 0.1) is 0 Å². The highest BCUT2D eigenvalue weighted by molar-refractivity contribution is 8.26. The molecule has 1 fully saturated rings. The van der Waals surface area contributed by atoms with Crippen LogP contribution in [0.3, 0.4) is 0 Å². The highest BCUT2D eigenvalue weighted by atomic mass is 32.2. The van der Waals surface area contributed by atoms with Crippen LogP contribution >= 0.6 is 24.0 Å². The second-order valence-electron chi connectivity index (χ2n) is 5.02. The quantitative estimate of drug-likeness (QED) is 0.462. The summed E-state index contributed by atoms with van der Waals surface area (Å²) in [7, 11) is 0. The predicted molar refractivity (Wildman–Crippen MR) is 100 cm³/mol. The van der Waals surface area contributed by atoms with E-state index in [9.17, 15) is 4.79 Å². The maximum Gasteiger partial charge on any atom is 0.274 e. The molecule has 1 aromatic carbocycles. The van der Waals surface area contributed by atoms with Crippen molar-refractivity contribution in [2.24, 2.45) is 0 Å². The molecule has 0 atom stereocenters. The number of anilines is 1. The van der Waals surface area contributed by atoms with E-state index in [1.165, 1.54) is 17.3 Å². The summed E-state index contributed by atoms with van der Waals surface area (Å²) in [5.41, 5.74) is 9.37. The smallest absolute Gasteiger partial charge is 0.274 e. The van der Waals surface area contributed by atoms with Gasteiger partial charge in [-0.2, -0.15) is 0 Å². The molecule has 0 aliphatic carbocycles. The van der Waals surface area contributed by atoms with Gasteiger partial charge in [0.05, 0.1) is 5.70 Å². The van der Waals surface area contributed by atoms with Crippen molar-refractivity contribution in [3.8, 4) is 0 Å². The van der Waals surface area contributed by atoms with Crippen molar-refractivity contribution in [3.63, 3.8) is 0 Å². The Hall–Kier alpha value is -2.03. The van der Waals surface area contributed by atoms with Crippen molar-refractivity contribution in [2.75, 3.05) is 18.0 Å². The van der Waals surface area contributed by atoms with Gasteiger partial charge in [-0.25, -0.2) is 0 Å². The lowest BCUT2D eigenvalue weighted by atomic mass is 10.1. The minimum Gasteiger partial charge on any atom is -0.334 e. The number of benzene rings is 1. The molecular formula is C18H16N2OS2. The van der Waals surface area contributed by atoms with Gasteiger partial charge in [-0.05, 0) is 54.8 Å². The van der Waals surface area contributed by atoms with E-state index in [4.69, 9.17) is 12.2 Å². The van der Waals surface area contributed by atoms with Gasteiger partial charge >= 0.3 is 0 Å². The highest BCUT2D eigenvalue weighted by Gasteiger charge is 2.30. The lowest BCUT2D eigenvalue weighted by molar-refractivity contribution is -0.122. The van der Waals surface area contributed by atoms with Crippen LogP contribution in [0.1, 0.15) is 19.4 Å². The van der Waals surface area contributed by atoms with Gasteiger partial charge in [-0.1, -0.05) is 36.5 Å². The maximum atomic E-state index is 12.2. The van der Waals surface area contributed by atoms with Crippen molar-refractivity contribution in [3.05, 3.63) is 58.0 Å². The summed E-state index contributed by atoms with van der Waals surface area (Å²) < 4.78 is 0.587. The van der Waals surface area contributed by atoms with E-state index >= 15 is 0 Å². The van der Waals surface area contributed by atoms with Crippen molar-refractivity contribution >= 4 is 46.0 Å². The average Bonchev–Trinajstić information content (AvgIpc) is 2.85. The van der Waals surface area contributed by atoms with Gasteiger partial charge in [0.1, 0.15) is 9.23 Å². The topological polar surface area (TPSA) is 23.6 Å². The summed E-state index contributed by atoms with van der Waals surface area (Å²) in [6.07, 6.45) is 4.06. The molecule has 3 rings (SSSR count). The number of para-hydroxylation sites is 1. The normalized spacial score (nSPS) is 16.6. The molecule has 1 amide bonds. The Morgan fingerprint density at radius 2 is 1.83 bits per heavy atom. The molecule has 5 heteroatoms. The monoisotopic (exact) mass is 340 g/mol. The number of carbonyl (C=O) groups is 1. The van der Waals surface area contributed by atoms with Crippen LogP contribution in [0.25, 0.3) is 6.08 Å². The first-order chi connectivity index (χ1) is 11.2. The number of fused-ring (bicyclic) bond motifs is 1. The Morgan fingerprint density at radius 1 is 1.09 bits per heavy atom. The first kappa shape index (κ1) is 15.9. The van der Waals surface area contributed by atoms with E-state index < -0.39 is 0 Å². The second kappa shape index (κ2) is 6.61. The molecule has 3 nitrogen and oxygen atoms in total. The number of thioether (sulfide) groups is 1. The summed E-state index contributed by atoms with van der Waals surface area (Å²) in [5.74, 6) is -0.0844. The van der Waals surface area contributed by atoms with E-state index in [1.54, 1.807) is 4.90 Å². The molecule has 0 bridgehead atoms. The molecule has 0 N–H and O–H groups in total. The Balaban J connectivity index is 2.05. The fourth-order valence-corrected chi connectivity index (χ4v) is 3.84. The molecule has 1 aromatic rings. The van der Waals surface area contributed by atoms with E-state index in [2.05, 4.69) is 41.5 Å². The van der Waals surface area contributed by atoms with Crippen molar-refractivity contribution < 1.29 is 4.79 Å². The van der Waals surface area contributed by atoms with Crippen molar-refractivity contribution in [1.82, 2.24) is 4.90 Å². The van der Waals surface area contributed by atoms with Crippen LogP contribution in [0.15, 0.2) is 52.4 Å². The molecule has 0 saturated carbocycles. The van der Waals surface area contributed by atoms with Crippen molar-refractivity contribution in [1.29, 1.82) is 0 Å². The van der Waals surface area contributed by atoms with E-state index in [1.807, 2.05) is 25.1 Å². The first-order valence-corrected chi connectivity index (χ1v) is 8.72. The Labute approximate surface area is 145 Å². The molecular weight excluding hydrogens is 324 g/mol. The van der Waals surface area contributed by atoms with Gasteiger partial charge in [-0.15, -0.1) is 0 Å². The number of allylic oxidation sites excluding steroid dienone is 1. The SMILES string of the molecule is CCN1C(=O)C(=C=C=C2C=Cc3ccccc3N2CC)SC1=S. The van der Waals surface area contributed by atoms with Gasteiger partial charge in [0.15, 0.2) is 0 Å². The number of carbonyl (C=O) groups excluding carboxylic acids is 1. The lowest BCUT2D eigenvalue weighted by Gasteiger charge is -2.27. The van der Waals surface area contributed by atoms with Gasteiger partial charge in [0.2, 0.25) is 0 Å². The minimum absolute atomic E-state index is 0.0844. The summed E-state index contributed by atoms with van der Waals surface area (Å²) in [6, 6.07) is 8.22. The van der Waals surface area contributed by atoms with Crippen LogP contribution in [0.4, 0.5) is 5.69 Å². The Bertz CT molecular complexity index is 812. The van der Waals surface area contributed by atoms with Gasteiger partial charge in [0.25, 0.3) is 5.91 Å². The molecule has 23 heavy (non-hydrogen) atoms. The first-order valence-electron chi connectivity index (χ1n) is 7.50. The highest BCUT2D eigenvalue weighted by Crippen LogP contribution is 2.31. The molecule has 116 valence electrons. The number of nitrogens with zero attached hydrogens (tertiary/aromatic N) is 2. The average molecular weight is 340 g/mol. The fourth-order valence-electron chi connectivity index (χ4n) is 2.58. The maximum absolute atomic E-state index is 12.2. The fraction of sp³-hybridized carbons (Fsp3) is 0.222. The number of amides is 1. The third-order valence-corrected chi connectivity index (χ3v) is 5.07. The number of thiocarbonyl (C=S) groups is 1. The van der Waals surface area contributed by atoms with Crippen molar-refractivity contribution in [2.45, 2.75) is 13.8 Å². The van der Waals surface area contributed by atoms with E-state index in [-0.39, 0.29) is 5.91 Å². The zero-order chi connectivity index (χ0) is 16.4. The summed E-state index contributed by atoms with van der Waals surface area (Å²) >= 11 is 6.50. The number of rotatable bonds is 2. The minimum atomic E-state index is -0.0844.